The smallest absolute Gasteiger partial charge is 0.126 e. The first kappa shape index (κ1) is 86.3. The van der Waals surface area contributed by atoms with Gasteiger partial charge in [0.05, 0.1) is 115 Å². The molecular weight excluding hydrogens is 1470 g/mol. The number of pyridine rings is 3. The van der Waals surface area contributed by atoms with Crippen LogP contribution >= 0.6 is 0 Å². The van der Waals surface area contributed by atoms with Gasteiger partial charge in [0.1, 0.15) is 80.5 Å². The Bertz CT molecular complexity index is 4330. The van der Waals surface area contributed by atoms with Gasteiger partial charge in [0.25, 0.3) is 0 Å². The average Bonchev–Trinajstić information content (AvgIpc) is 0.801. The van der Waals surface area contributed by atoms with E-state index in [0.29, 0.717) is 189 Å². The summed E-state index contributed by atoms with van der Waals surface area (Å²) in [5.41, 5.74) is 10.4. The summed E-state index contributed by atoms with van der Waals surface area (Å²) in [5.74, 6) is 9.56. The van der Waals surface area contributed by atoms with E-state index in [1.54, 1.807) is 12.4 Å². The molecule has 0 unspecified atom stereocenters. The van der Waals surface area contributed by atoms with E-state index in [1.165, 1.54) is 22.3 Å². The van der Waals surface area contributed by atoms with Crippen LogP contribution in [0, 0.1) is 0 Å². The van der Waals surface area contributed by atoms with Crippen LogP contribution in [-0.2, 0) is 21.7 Å². The number of rotatable bonds is 45. The van der Waals surface area contributed by atoms with Gasteiger partial charge in [0.2, 0.25) is 0 Å². The lowest BCUT2D eigenvalue weighted by Gasteiger charge is -2.19. The van der Waals surface area contributed by atoms with E-state index in [2.05, 4.69) is 166 Å². The molecule has 17 nitrogen and oxygen atoms in total. The number of nitrogens with zero attached hydrogens (tertiary/aromatic N) is 3. The molecule has 8 aromatic carbocycles. The topological polar surface area (TPSA) is 168 Å². The molecular formula is C100H117N3O14. The van der Waals surface area contributed by atoms with Crippen LogP contribution in [0.2, 0.25) is 0 Å². The van der Waals surface area contributed by atoms with E-state index in [4.69, 9.17) is 71.3 Å². The van der Waals surface area contributed by atoms with E-state index >= 15 is 0 Å². The summed E-state index contributed by atoms with van der Waals surface area (Å²) >= 11 is 0. The molecule has 0 fully saturated rings. The van der Waals surface area contributed by atoms with Crippen molar-refractivity contribution >= 4 is 0 Å². The Morgan fingerprint density at radius 1 is 0.188 bits per heavy atom. The minimum absolute atomic E-state index is 0.0634. The van der Waals surface area contributed by atoms with Crippen LogP contribution < -0.4 is 66.3 Å². The van der Waals surface area contributed by atoms with Crippen molar-refractivity contribution in [2.75, 3.05) is 92.5 Å². The first-order valence-electron chi connectivity index (χ1n) is 41.1. The summed E-state index contributed by atoms with van der Waals surface area (Å²) in [7, 11) is 0. The zero-order valence-corrected chi connectivity index (χ0v) is 70.4. The third-order valence-electron chi connectivity index (χ3n) is 19.1. The fourth-order valence-corrected chi connectivity index (χ4v) is 12.4. The second kappa shape index (κ2) is 42.9. The summed E-state index contributed by atoms with van der Waals surface area (Å²) in [5, 5.41) is 0. The molecule has 616 valence electrons. The van der Waals surface area contributed by atoms with Crippen molar-refractivity contribution in [2.24, 2.45) is 0 Å². The molecule has 0 N–H and O–H groups in total. The summed E-state index contributed by atoms with van der Waals surface area (Å²) in [4.78, 5) is 14.1. The largest absolute Gasteiger partial charge is 0.493 e. The molecule has 0 aliphatic rings. The average molecular weight is 1590 g/mol. The highest BCUT2D eigenvalue weighted by Gasteiger charge is 2.19. The third-order valence-corrected chi connectivity index (χ3v) is 19.1. The van der Waals surface area contributed by atoms with Gasteiger partial charge in [-0.3, -0.25) is 9.97 Å². The third kappa shape index (κ3) is 29.0. The van der Waals surface area contributed by atoms with E-state index in [-0.39, 0.29) is 21.7 Å². The molecule has 3 aromatic heterocycles. The fraction of sp³-hybridized carbons (Fsp3) is 0.370. The maximum Gasteiger partial charge on any atom is 0.126 e. The Hall–Kier alpha value is -11.6. The van der Waals surface area contributed by atoms with Crippen molar-refractivity contribution in [1.82, 2.24) is 15.0 Å². The Balaban J connectivity index is 0.711. The van der Waals surface area contributed by atoms with E-state index in [9.17, 15) is 0 Å². The number of benzene rings is 8. The van der Waals surface area contributed by atoms with Crippen LogP contribution in [0.4, 0.5) is 0 Å². The lowest BCUT2D eigenvalue weighted by molar-refractivity contribution is 0.228. The molecule has 0 atom stereocenters. The minimum Gasteiger partial charge on any atom is -0.493 e. The van der Waals surface area contributed by atoms with Crippen LogP contribution in [0.1, 0.15) is 150 Å². The van der Waals surface area contributed by atoms with E-state index in [0.717, 1.165) is 62.7 Å². The summed E-state index contributed by atoms with van der Waals surface area (Å²) in [6, 6.07) is 74.0. The van der Waals surface area contributed by atoms with Crippen LogP contribution in [-0.4, -0.2) is 107 Å². The lowest BCUT2D eigenvalue weighted by Crippen LogP contribution is -2.11. The summed E-state index contributed by atoms with van der Waals surface area (Å²) in [6.07, 6.45) is 7.97. The molecule has 11 rings (SSSR count). The molecule has 0 radical (unpaired) electrons. The zero-order valence-electron chi connectivity index (χ0n) is 70.4. The van der Waals surface area contributed by atoms with Crippen LogP contribution in [0.25, 0.3) is 33.9 Å². The van der Waals surface area contributed by atoms with Crippen molar-refractivity contribution in [2.45, 2.75) is 150 Å². The second-order valence-electron chi connectivity index (χ2n) is 33.0. The Morgan fingerprint density at radius 3 is 0.556 bits per heavy atom. The second-order valence-corrected chi connectivity index (χ2v) is 33.0. The fourth-order valence-electron chi connectivity index (χ4n) is 12.4. The van der Waals surface area contributed by atoms with Gasteiger partial charge >= 0.3 is 0 Å². The maximum absolute atomic E-state index is 6.46. The SMILES string of the molecule is CC(C)(C)c1ccc(OCCCOc2cc(OCCCOc3ccc(C(C)(C)C)cc3)cc(OCCCOc3cc(OCCCOc4ccc(-c5cc(-c6ccccn6)nc(-c6ccccn6)c5)cc4)cc(OCCCOc4cc(OCCCOc5ccc(C(C)(C)C)cc5)cc(OCCCOc5ccc(C(C)(C)C)cc5)c4)c3)c2)cc1. The molecule has 0 aliphatic carbocycles. The van der Waals surface area contributed by atoms with Gasteiger partial charge in [-0.2, -0.15) is 0 Å². The predicted molar refractivity (Wildman–Crippen MR) is 465 cm³/mol. The van der Waals surface area contributed by atoms with Crippen LogP contribution in [0.5, 0.6) is 80.5 Å². The van der Waals surface area contributed by atoms with Gasteiger partial charge in [-0.1, -0.05) is 156 Å². The highest BCUT2D eigenvalue weighted by Crippen LogP contribution is 2.36. The van der Waals surface area contributed by atoms with Crippen molar-refractivity contribution in [3.63, 3.8) is 0 Å². The highest BCUT2D eigenvalue weighted by molar-refractivity contribution is 5.75. The van der Waals surface area contributed by atoms with Gasteiger partial charge in [-0.25, -0.2) is 4.98 Å². The van der Waals surface area contributed by atoms with Crippen LogP contribution in [0.15, 0.2) is 237 Å². The van der Waals surface area contributed by atoms with Crippen molar-refractivity contribution in [1.29, 1.82) is 0 Å². The standard InChI is InChI=1S/C100H117N3O14/c1-97(2,3)75-28-38-80(39-29-75)105-49-18-54-110-84-64-85(111-55-19-50-106-81-40-30-76(31-41-81)98(4,5)6)67-89(66-84)114-58-22-60-116-91-70-88(109-53-17-48-104-79-36-26-73(27-37-79)74-62-95(93-24-13-15-46-101-93)103-96(63-74)94-25-14-16-47-102-94)71-92(72-91)117-61-23-59-115-90-68-86(112-56-20-51-107-82-42-32-77(33-43-82)99(7,8)9)65-87(69-90)113-57-21-52-108-83-44-34-78(35-45-83)100(10,11)12/h13-16,24-47,62-72H,17-23,48-61H2,1-12H3. The lowest BCUT2D eigenvalue weighted by atomic mass is 9.87. The van der Waals surface area contributed by atoms with Gasteiger partial charge in [-0.15, -0.1) is 0 Å². The molecule has 0 bridgehead atoms. The van der Waals surface area contributed by atoms with Gasteiger partial charge < -0.3 is 66.3 Å². The number of hydrogen-bond donors (Lipinski definition) is 0. The molecule has 0 amide bonds. The van der Waals surface area contributed by atoms with Crippen molar-refractivity contribution < 1.29 is 66.3 Å². The van der Waals surface area contributed by atoms with Gasteiger partial charge in [0.15, 0.2) is 0 Å². The zero-order chi connectivity index (χ0) is 82.3. The molecule has 11 aromatic rings. The monoisotopic (exact) mass is 1580 g/mol. The highest BCUT2D eigenvalue weighted by atomic mass is 16.5. The summed E-state index contributed by atoms with van der Waals surface area (Å²) in [6.45, 7) is 32.4. The number of aromatic nitrogens is 3. The quantitative estimate of drug-likeness (QED) is 0.0330. The van der Waals surface area contributed by atoms with Crippen LogP contribution in [0.3, 0.4) is 0 Å². The molecule has 3 heterocycles. The summed E-state index contributed by atoms with van der Waals surface area (Å²) < 4.78 is 88.1. The van der Waals surface area contributed by atoms with Crippen molar-refractivity contribution in [3.8, 4) is 114 Å². The first-order valence-corrected chi connectivity index (χ1v) is 41.1. The molecule has 0 spiro atoms. The molecule has 0 aliphatic heterocycles. The molecule has 117 heavy (non-hydrogen) atoms. The number of hydrogen-bond acceptors (Lipinski definition) is 17. The predicted octanol–water partition coefficient (Wildman–Crippen LogP) is 23.0. The molecule has 17 heteroatoms. The van der Waals surface area contributed by atoms with E-state index in [1.807, 2.05) is 152 Å². The van der Waals surface area contributed by atoms with E-state index < -0.39 is 0 Å². The normalized spacial score (nSPS) is 11.6. The number of ether oxygens (including phenoxy) is 14. The Labute approximate surface area is 693 Å². The first-order chi connectivity index (χ1) is 56.5. The molecule has 0 saturated heterocycles. The Morgan fingerprint density at radius 2 is 0.376 bits per heavy atom. The maximum atomic E-state index is 6.46. The molecule has 0 saturated carbocycles. The minimum atomic E-state index is 0.0634. The van der Waals surface area contributed by atoms with Gasteiger partial charge in [0, 0.05) is 112 Å². The Kier molecular flexibility index (Phi) is 31.6. The van der Waals surface area contributed by atoms with Crippen molar-refractivity contribution in [3.05, 3.63) is 259 Å². The van der Waals surface area contributed by atoms with Gasteiger partial charge in [-0.05, 0) is 152 Å².